The normalized spacial score (nSPS) is 12.6. The first kappa shape index (κ1) is 21.2. The Balaban J connectivity index is 2.37. The number of benzene rings is 1. The summed E-state index contributed by atoms with van der Waals surface area (Å²) in [5, 5.41) is 14.0. The molecule has 1 aromatic carbocycles. The molecule has 0 amide bonds. The summed E-state index contributed by atoms with van der Waals surface area (Å²) in [6.07, 6.45) is 1.55. The van der Waals surface area contributed by atoms with Gasteiger partial charge in [-0.1, -0.05) is 23.2 Å². The van der Waals surface area contributed by atoms with Crippen molar-refractivity contribution in [2.45, 2.75) is 20.1 Å². The number of aliphatic hydroxyl groups excluding tert-OH is 1. The monoisotopic (exact) mass is 410 g/mol. The number of pyridine rings is 1. The zero-order chi connectivity index (χ0) is 19.8. The van der Waals surface area contributed by atoms with Gasteiger partial charge in [0, 0.05) is 34.6 Å². The van der Waals surface area contributed by atoms with Crippen LogP contribution in [0.2, 0.25) is 10.0 Å². The molecule has 1 atom stereocenters. The number of anilines is 1. The molecule has 0 radical (unpaired) electrons. The van der Waals surface area contributed by atoms with Gasteiger partial charge in [0.25, 0.3) is 0 Å². The molecule has 0 aliphatic carbocycles. The van der Waals surface area contributed by atoms with Gasteiger partial charge < -0.3 is 19.9 Å². The minimum absolute atomic E-state index is 0.0578. The number of nitrogens with one attached hydrogen (secondary N) is 1. The Morgan fingerprint density at radius 2 is 1.96 bits per heavy atom. The fraction of sp³-hybridized carbons (Fsp3) is 0.263. The van der Waals surface area contributed by atoms with E-state index in [1.165, 1.54) is 6.20 Å². The third kappa shape index (κ3) is 5.94. The van der Waals surface area contributed by atoms with Crippen LogP contribution in [0.5, 0.6) is 0 Å². The van der Waals surface area contributed by atoms with E-state index in [1.54, 1.807) is 50.4 Å². The average Bonchev–Trinajstić information content (AvgIpc) is 2.62. The van der Waals surface area contributed by atoms with Crippen LogP contribution >= 0.6 is 23.2 Å². The Bertz CT molecular complexity index is 807. The molecule has 2 N–H and O–H groups in total. The van der Waals surface area contributed by atoms with E-state index in [0.717, 1.165) is 0 Å². The molecule has 2 rings (SSSR count). The molecule has 0 saturated carbocycles. The van der Waals surface area contributed by atoms with Crippen molar-refractivity contribution in [2.24, 2.45) is 0 Å². The lowest BCUT2D eigenvalue weighted by Gasteiger charge is -2.15. The van der Waals surface area contributed by atoms with Crippen molar-refractivity contribution in [3.8, 4) is 11.3 Å². The number of nitrogens with zero attached hydrogens (tertiary/aromatic N) is 1. The summed E-state index contributed by atoms with van der Waals surface area (Å²) >= 11 is 12.2. The van der Waals surface area contributed by atoms with Crippen molar-refractivity contribution in [2.75, 3.05) is 18.5 Å². The Hall–Kier alpha value is -2.12. The Morgan fingerprint density at radius 1 is 1.26 bits per heavy atom. The van der Waals surface area contributed by atoms with Gasteiger partial charge >= 0.3 is 5.97 Å². The van der Waals surface area contributed by atoms with E-state index in [9.17, 15) is 9.90 Å². The van der Waals surface area contributed by atoms with Gasteiger partial charge in [0.15, 0.2) is 6.29 Å². The highest BCUT2D eigenvalue weighted by molar-refractivity contribution is 6.35. The Morgan fingerprint density at radius 3 is 2.59 bits per heavy atom. The first-order chi connectivity index (χ1) is 13.0. The molecule has 2 aromatic rings. The zero-order valence-electron chi connectivity index (χ0n) is 14.9. The summed E-state index contributed by atoms with van der Waals surface area (Å²) in [4.78, 5) is 16.5. The maximum absolute atomic E-state index is 12.1. The molecule has 0 aliphatic heterocycles. The molecule has 6 nitrogen and oxygen atoms in total. The zero-order valence-corrected chi connectivity index (χ0v) is 16.4. The van der Waals surface area contributed by atoms with Crippen molar-refractivity contribution in [1.29, 1.82) is 0 Å². The maximum atomic E-state index is 12.1. The van der Waals surface area contributed by atoms with Gasteiger partial charge in [-0.25, -0.2) is 4.79 Å². The van der Waals surface area contributed by atoms with Gasteiger partial charge in [0.1, 0.15) is 5.57 Å². The lowest BCUT2D eigenvalue weighted by Crippen LogP contribution is -2.24. The summed E-state index contributed by atoms with van der Waals surface area (Å²) in [6, 6.07) is 8.58. The minimum Gasteiger partial charge on any atom is -0.462 e. The SMILES string of the molecule is CCOC(=O)/C(=C/Nc1cccnc1-c1cc(Cl)cc(Cl)c1)C(O)OCC. The number of hydrogen-bond donors (Lipinski definition) is 2. The van der Waals surface area contributed by atoms with Gasteiger partial charge in [-0.05, 0) is 44.2 Å². The lowest BCUT2D eigenvalue weighted by atomic mass is 10.1. The van der Waals surface area contributed by atoms with Crippen LogP contribution < -0.4 is 5.32 Å². The average molecular weight is 411 g/mol. The number of aromatic nitrogens is 1. The smallest absolute Gasteiger partial charge is 0.340 e. The fourth-order valence-electron chi connectivity index (χ4n) is 2.29. The second-order valence-corrected chi connectivity index (χ2v) is 6.20. The summed E-state index contributed by atoms with van der Waals surface area (Å²) in [5.74, 6) is -0.679. The number of aliphatic hydroxyl groups is 1. The number of halogens is 2. The highest BCUT2D eigenvalue weighted by atomic mass is 35.5. The second kappa shape index (κ2) is 10.3. The molecule has 0 aliphatic rings. The minimum atomic E-state index is -1.41. The maximum Gasteiger partial charge on any atom is 0.340 e. The first-order valence-electron chi connectivity index (χ1n) is 8.31. The van der Waals surface area contributed by atoms with Crippen LogP contribution in [0.4, 0.5) is 5.69 Å². The number of carbonyl (C=O) groups is 1. The molecule has 8 heteroatoms. The molecule has 1 unspecified atom stereocenters. The van der Waals surface area contributed by atoms with Gasteiger partial charge in [0.05, 0.1) is 18.0 Å². The number of carbonyl (C=O) groups excluding carboxylic acids is 1. The number of hydrogen-bond acceptors (Lipinski definition) is 6. The number of rotatable bonds is 8. The van der Waals surface area contributed by atoms with Gasteiger partial charge in [-0.15, -0.1) is 0 Å². The van der Waals surface area contributed by atoms with Crippen LogP contribution in [0.3, 0.4) is 0 Å². The van der Waals surface area contributed by atoms with E-state index in [2.05, 4.69) is 10.3 Å². The summed E-state index contributed by atoms with van der Waals surface area (Å²) in [6.45, 7) is 3.80. The molecule has 144 valence electrons. The molecule has 1 aromatic heterocycles. The number of esters is 1. The topological polar surface area (TPSA) is 80.7 Å². The van der Waals surface area contributed by atoms with Crippen LogP contribution in [0.1, 0.15) is 13.8 Å². The largest absolute Gasteiger partial charge is 0.462 e. The van der Waals surface area contributed by atoms with Crippen molar-refractivity contribution in [3.05, 3.63) is 58.3 Å². The molecular formula is C19H20Cl2N2O4. The summed E-state index contributed by atoms with van der Waals surface area (Å²) in [7, 11) is 0. The van der Waals surface area contributed by atoms with E-state index in [1.807, 2.05) is 0 Å². The predicted molar refractivity (Wildman–Crippen MR) is 106 cm³/mol. The van der Waals surface area contributed by atoms with E-state index < -0.39 is 12.3 Å². The molecule has 0 bridgehead atoms. The van der Waals surface area contributed by atoms with Crippen molar-refractivity contribution in [3.63, 3.8) is 0 Å². The quantitative estimate of drug-likeness (QED) is 0.384. The molecule has 0 fully saturated rings. The third-order valence-corrected chi connectivity index (χ3v) is 3.87. The fourth-order valence-corrected chi connectivity index (χ4v) is 2.82. The lowest BCUT2D eigenvalue weighted by molar-refractivity contribution is -0.144. The Kier molecular flexibility index (Phi) is 8.06. The van der Waals surface area contributed by atoms with E-state index in [-0.39, 0.29) is 18.8 Å². The highest BCUT2D eigenvalue weighted by Gasteiger charge is 2.20. The standard InChI is InChI=1S/C19H20Cl2N2O4/c1-3-26-18(24)15(19(25)27-4-2)11-23-16-6-5-7-22-17(16)12-8-13(20)10-14(21)9-12/h5-11,18,23-24H,3-4H2,1-2H3/b15-11+. The van der Waals surface area contributed by atoms with E-state index >= 15 is 0 Å². The molecule has 0 spiro atoms. The van der Waals surface area contributed by atoms with Crippen molar-refractivity contribution < 1.29 is 19.4 Å². The van der Waals surface area contributed by atoms with Crippen LogP contribution in [0.25, 0.3) is 11.3 Å². The Labute approximate surface area is 167 Å². The molecule has 0 saturated heterocycles. The molecular weight excluding hydrogens is 391 g/mol. The second-order valence-electron chi connectivity index (χ2n) is 5.33. The highest BCUT2D eigenvalue weighted by Crippen LogP contribution is 2.30. The van der Waals surface area contributed by atoms with Crippen LogP contribution in [0, 0.1) is 0 Å². The first-order valence-corrected chi connectivity index (χ1v) is 9.06. The summed E-state index contributed by atoms with van der Waals surface area (Å²) in [5.41, 5.74) is 1.80. The third-order valence-electron chi connectivity index (χ3n) is 3.43. The summed E-state index contributed by atoms with van der Waals surface area (Å²) < 4.78 is 10.1. The van der Waals surface area contributed by atoms with Crippen molar-refractivity contribution >= 4 is 34.9 Å². The van der Waals surface area contributed by atoms with Crippen LogP contribution in [-0.2, 0) is 14.3 Å². The van der Waals surface area contributed by atoms with E-state index in [4.69, 9.17) is 32.7 Å². The van der Waals surface area contributed by atoms with Gasteiger partial charge in [-0.2, -0.15) is 0 Å². The van der Waals surface area contributed by atoms with E-state index in [0.29, 0.717) is 27.0 Å². The van der Waals surface area contributed by atoms with Crippen LogP contribution in [0.15, 0.2) is 48.3 Å². The van der Waals surface area contributed by atoms with Crippen LogP contribution in [-0.4, -0.2) is 35.6 Å². The molecule has 27 heavy (non-hydrogen) atoms. The van der Waals surface area contributed by atoms with Gasteiger partial charge in [0.2, 0.25) is 0 Å². The van der Waals surface area contributed by atoms with Gasteiger partial charge in [-0.3, -0.25) is 4.98 Å². The number of ether oxygens (including phenoxy) is 2. The molecule has 1 heterocycles. The van der Waals surface area contributed by atoms with Crippen molar-refractivity contribution in [1.82, 2.24) is 4.98 Å². The predicted octanol–water partition coefficient (Wildman–Crippen LogP) is 4.27.